The summed E-state index contributed by atoms with van der Waals surface area (Å²) in [5.74, 6) is -3.18. The monoisotopic (exact) mass is 254 g/mol. The van der Waals surface area contributed by atoms with Crippen molar-refractivity contribution >= 4 is 17.6 Å². The number of hydrogen-bond donors (Lipinski definition) is 3. The van der Waals surface area contributed by atoms with Crippen LogP contribution in [-0.2, 0) is 4.79 Å². The Hall–Kier alpha value is -2.11. The van der Waals surface area contributed by atoms with Crippen LogP contribution in [-0.4, -0.2) is 23.0 Å². The molecule has 1 rings (SSSR count). The van der Waals surface area contributed by atoms with Gasteiger partial charge in [0.05, 0.1) is 11.5 Å². The van der Waals surface area contributed by atoms with E-state index in [0.717, 1.165) is 6.07 Å². The average molecular weight is 254 g/mol. The quantitative estimate of drug-likeness (QED) is 0.705. The van der Waals surface area contributed by atoms with Gasteiger partial charge in [-0.15, -0.1) is 0 Å². The number of nitrogens with one attached hydrogen (secondary N) is 1. The fourth-order valence-corrected chi connectivity index (χ4v) is 1.34. The second kappa shape index (κ2) is 5.48. The van der Waals surface area contributed by atoms with Crippen LogP contribution in [0.25, 0.3) is 0 Å². The standard InChI is InChI=1S/C12H15FN2O3/c1-6(12(17)18)7(2)15-11(16)9-4-3-8(14)5-10(9)13/h3-7H,14H2,1-2H3,(H,15,16)(H,17,18). The molecule has 4 N–H and O–H groups in total. The zero-order valence-corrected chi connectivity index (χ0v) is 10.1. The van der Waals surface area contributed by atoms with Crippen molar-refractivity contribution in [3.05, 3.63) is 29.6 Å². The van der Waals surface area contributed by atoms with Crippen LogP contribution < -0.4 is 11.1 Å². The molecule has 0 aliphatic heterocycles. The number of nitrogens with two attached hydrogens (primary N) is 1. The molecular weight excluding hydrogens is 239 g/mol. The van der Waals surface area contributed by atoms with Crippen molar-refractivity contribution in [3.8, 4) is 0 Å². The SMILES string of the molecule is CC(NC(=O)c1ccc(N)cc1F)C(C)C(=O)O. The van der Waals surface area contributed by atoms with Crippen molar-refractivity contribution < 1.29 is 19.1 Å². The molecule has 0 aromatic heterocycles. The molecule has 0 radical (unpaired) electrons. The van der Waals surface area contributed by atoms with Gasteiger partial charge in [-0.05, 0) is 32.0 Å². The topological polar surface area (TPSA) is 92.4 Å². The second-order valence-electron chi connectivity index (χ2n) is 4.13. The lowest BCUT2D eigenvalue weighted by atomic mass is 10.0. The summed E-state index contributed by atoms with van der Waals surface area (Å²) in [5.41, 5.74) is 5.43. The average Bonchev–Trinajstić information content (AvgIpc) is 2.27. The summed E-state index contributed by atoms with van der Waals surface area (Å²) < 4.78 is 13.5. The molecule has 1 amide bonds. The lowest BCUT2D eigenvalue weighted by Crippen LogP contribution is -2.40. The first-order valence-electron chi connectivity index (χ1n) is 5.41. The van der Waals surface area contributed by atoms with Crippen LogP contribution in [0.1, 0.15) is 24.2 Å². The second-order valence-corrected chi connectivity index (χ2v) is 4.13. The normalized spacial score (nSPS) is 13.7. The summed E-state index contributed by atoms with van der Waals surface area (Å²) in [6.07, 6.45) is 0. The number of aliphatic carboxylic acids is 1. The molecule has 6 heteroatoms. The van der Waals surface area contributed by atoms with Crippen LogP contribution in [0.15, 0.2) is 18.2 Å². The van der Waals surface area contributed by atoms with E-state index in [4.69, 9.17) is 10.8 Å². The van der Waals surface area contributed by atoms with Gasteiger partial charge in [0, 0.05) is 11.7 Å². The molecule has 0 aliphatic rings. The van der Waals surface area contributed by atoms with Crippen molar-refractivity contribution in [1.82, 2.24) is 5.32 Å². The highest BCUT2D eigenvalue weighted by atomic mass is 19.1. The lowest BCUT2D eigenvalue weighted by Gasteiger charge is -2.17. The number of carbonyl (C=O) groups excluding carboxylic acids is 1. The first-order valence-corrected chi connectivity index (χ1v) is 5.41. The minimum absolute atomic E-state index is 0.159. The van der Waals surface area contributed by atoms with Gasteiger partial charge in [-0.2, -0.15) is 0 Å². The van der Waals surface area contributed by atoms with E-state index in [-0.39, 0.29) is 11.3 Å². The largest absolute Gasteiger partial charge is 0.481 e. The van der Waals surface area contributed by atoms with Gasteiger partial charge < -0.3 is 16.2 Å². The van der Waals surface area contributed by atoms with E-state index in [1.807, 2.05) is 0 Å². The number of amides is 1. The third-order valence-corrected chi connectivity index (χ3v) is 2.74. The Bertz CT molecular complexity index is 476. The van der Waals surface area contributed by atoms with Crippen LogP contribution in [0.2, 0.25) is 0 Å². The lowest BCUT2D eigenvalue weighted by molar-refractivity contribution is -0.141. The number of carbonyl (C=O) groups is 2. The van der Waals surface area contributed by atoms with E-state index in [2.05, 4.69) is 5.32 Å². The Kier molecular flexibility index (Phi) is 4.25. The molecule has 1 aromatic rings. The zero-order valence-electron chi connectivity index (χ0n) is 10.1. The van der Waals surface area contributed by atoms with E-state index < -0.39 is 29.7 Å². The predicted octanol–water partition coefficient (Wildman–Crippen LogP) is 1.25. The summed E-state index contributed by atoms with van der Waals surface area (Å²) in [5, 5.41) is 11.2. The van der Waals surface area contributed by atoms with Crippen LogP contribution in [0, 0.1) is 11.7 Å². The van der Waals surface area contributed by atoms with E-state index in [9.17, 15) is 14.0 Å². The van der Waals surface area contributed by atoms with Gasteiger partial charge in [0.1, 0.15) is 5.82 Å². The number of halogens is 1. The molecule has 0 aliphatic carbocycles. The number of anilines is 1. The third-order valence-electron chi connectivity index (χ3n) is 2.74. The Morgan fingerprint density at radius 2 is 2.00 bits per heavy atom. The maximum absolute atomic E-state index is 13.5. The van der Waals surface area contributed by atoms with Gasteiger partial charge in [0.15, 0.2) is 0 Å². The minimum atomic E-state index is -1.03. The summed E-state index contributed by atoms with van der Waals surface area (Å²) >= 11 is 0. The van der Waals surface area contributed by atoms with Crippen molar-refractivity contribution in [2.75, 3.05) is 5.73 Å². The molecule has 18 heavy (non-hydrogen) atoms. The third kappa shape index (κ3) is 3.19. The minimum Gasteiger partial charge on any atom is -0.481 e. The van der Waals surface area contributed by atoms with Crippen molar-refractivity contribution in [2.45, 2.75) is 19.9 Å². The maximum atomic E-state index is 13.5. The zero-order chi connectivity index (χ0) is 13.9. The number of hydrogen-bond acceptors (Lipinski definition) is 3. The van der Waals surface area contributed by atoms with Gasteiger partial charge in [0.25, 0.3) is 5.91 Å². The summed E-state index contributed by atoms with van der Waals surface area (Å²) in [7, 11) is 0. The molecule has 5 nitrogen and oxygen atoms in total. The molecule has 1 aromatic carbocycles. The van der Waals surface area contributed by atoms with Crippen molar-refractivity contribution in [2.24, 2.45) is 5.92 Å². The van der Waals surface area contributed by atoms with Crippen molar-refractivity contribution in [1.29, 1.82) is 0 Å². The summed E-state index contributed by atoms with van der Waals surface area (Å²) in [4.78, 5) is 22.5. The molecule has 2 unspecified atom stereocenters. The number of benzene rings is 1. The van der Waals surface area contributed by atoms with E-state index in [0.29, 0.717) is 0 Å². The maximum Gasteiger partial charge on any atom is 0.308 e. The Morgan fingerprint density at radius 1 is 1.39 bits per heavy atom. The summed E-state index contributed by atoms with van der Waals surface area (Å²) in [6, 6.07) is 3.11. The highest BCUT2D eigenvalue weighted by molar-refractivity contribution is 5.95. The molecule has 2 atom stereocenters. The highest BCUT2D eigenvalue weighted by Gasteiger charge is 2.22. The molecule has 0 spiro atoms. The van der Waals surface area contributed by atoms with Crippen LogP contribution in [0.5, 0.6) is 0 Å². The number of rotatable bonds is 4. The first-order chi connectivity index (χ1) is 8.32. The fourth-order valence-electron chi connectivity index (χ4n) is 1.34. The van der Waals surface area contributed by atoms with Gasteiger partial charge in [-0.3, -0.25) is 9.59 Å². The van der Waals surface area contributed by atoms with Gasteiger partial charge in [0.2, 0.25) is 0 Å². The smallest absolute Gasteiger partial charge is 0.308 e. The molecule has 0 saturated heterocycles. The molecule has 0 bridgehead atoms. The number of carboxylic acid groups (broad SMARTS) is 1. The van der Waals surface area contributed by atoms with Crippen LogP contribution in [0.4, 0.5) is 10.1 Å². The van der Waals surface area contributed by atoms with Gasteiger partial charge in [-0.1, -0.05) is 0 Å². The Morgan fingerprint density at radius 3 is 2.50 bits per heavy atom. The molecule has 0 saturated carbocycles. The highest BCUT2D eigenvalue weighted by Crippen LogP contribution is 2.12. The van der Waals surface area contributed by atoms with Crippen LogP contribution in [0.3, 0.4) is 0 Å². The number of nitrogen functional groups attached to an aromatic ring is 1. The molecule has 0 heterocycles. The molecule has 98 valence electrons. The van der Waals surface area contributed by atoms with Gasteiger partial charge >= 0.3 is 5.97 Å². The fraction of sp³-hybridized carbons (Fsp3) is 0.333. The molecule has 0 fully saturated rings. The summed E-state index contributed by atoms with van der Waals surface area (Å²) in [6.45, 7) is 3.01. The number of carboxylic acids is 1. The van der Waals surface area contributed by atoms with Crippen molar-refractivity contribution in [3.63, 3.8) is 0 Å². The Labute approximate surface area is 104 Å². The van der Waals surface area contributed by atoms with Crippen LogP contribution >= 0.6 is 0 Å². The van der Waals surface area contributed by atoms with Gasteiger partial charge in [-0.25, -0.2) is 4.39 Å². The Balaban J connectivity index is 2.79. The van der Waals surface area contributed by atoms with E-state index >= 15 is 0 Å². The van der Waals surface area contributed by atoms with E-state index in [1.54, 1.807) is 6.92 Å². The van der Waals surface area contributed by atoms with E-state index in [1.165, 1.54) is 19.1 Å². The first kappa shape index (κ1) is 14.0. The molecular formula is C12H15FN2O3. The predicted molar refractivity (Wildman–Crippen MR) is 64.5 cm³/mol.